The highest BCUT2D eigenvalue weighted by Gasteiger charge is 2.30. The highest BCUT2D eigenvalue weighted by atomic mass is 16.6. The molecular weight excluding hydrogens is 314 g/mol. The molecule has 0 spiro atoms. The predicted octanol–water partition coefficient (Wildman–Crippen LogP) is 0.324. The molecule has 0 radical (unpaired) electrons. The Kier molecular flexibility index (Phi) is 5.60. The van der Waals surface area contributed by atoms with Crippen LogP contribution in [0.2, 0.25) is 0 Å². The van der Waals surface area contributed by atoms with Crippen molar-refractivity contribution in [2.45, 2.75) is 25.2 Å². The maximum absolute atomic E-state index is 12.2. The van der Waals surface area contributed by atoms with Crippen molar-refractivity contribution in [2.75, 3.05) is 32.9 Å². The van der Waals surface area contributed by atoms with Gasteiger partial charge in [-0.15, -0.1) is 0 Å². The number of cyclic esters (lactones) is 1. The first-order valence-electron chi connectivity index (χ1n) is 8.02. The van der Waals surface area contributed by atoms with E-state index in [1.807, 2.05) is 18.2 Å². The monoisotopic (exact) mass is 335 g/mol. The second kappa shape index (κ2) is 8.07. The van der Waals surface area contributed by atoms with Crippen molar-refractivity contribution < 1.29 is 23.8 Å². The quantitative estimate of drug-likeness (QED) is 0.805. The molecule has 0 aromatic carbocycles. The summed E-state index contributed by atoms with van der Waals surface area (Å²) in [4.78, 5) is 29.2. The smallest absolute Gasteiger partial charge is 0.410 e. The van der Waals surface area contributed by atoms with Crippen LogP contribution >= 0.6 is 0 Å². The third-order valence-electron chi connectivity index (χ3n) is 4.00. The number of nitrogens with zero attached hydrogens (tertiary/aromatic N) is 2. The van der Waals surface area contributed by atoms with Gasteiger partial charge in [0, 0.05) is 12.8 Å². The summed E-state index contributed by atoms with van der Waals surface area (Å²) >= 11 is 0. The molecule has 8 heteroatoms. The Bertz CT molecular complexity index is 568. The van der Waals surface area contributed by atoms with E-state index in [-0.39, 0.29) is 24.6 Å². The van der Waals surface area contributed by atoms with Gasteiger partial charge in [-0.3, -0.25) is 14.7 Å². The second-order valence-electron chi connectivity index (χ2n) is 5.74. The van der Waals surface area contributed by atoms with E-state index in [2.05, 4.69) is 10.3 Å². The lowest BCUT2D eigenvalue weighted by Crippen LogP contribution is -2.52. The van der Waals surface area contributed by atoms with Crippen molar-refractivity contribution >= 4 is 12.0 Å². The molecule has 1 aromatic rings. The number of pyridine rings is 1. The first kappa shape index (κ1) is 16.7. The van der Waals surface area contributed by atoms with E-state index < -0.39 is 6.09 Å². The second-order valence-corrected chi connectivity index (χ2v) is 5.74. The standard InChI is InChI=1S/C16H21N3O5/c20-15(9-19-6-8-23-16(19)21)18-13-4-7-22-11-14(13)24-10-12-3-1-2-5-17-12/h1-3,5,13-14H,4,6-11H2,(H,18,20)/t13-,14-/m1/s1. The third-order valence-corrected chi connectivity index (χ3v) is 4.00. The van der Waals surface area contributed by atoms with Crippen molar-refractivity contribution in [3.63, 3.8) is 0 Å². The Morgan fingerprint density at radius 3 is 3.08 bits per heavy atom. The fourth-order valence-electron chi connectivity index (χ4n) is 2.71. The number of ether oxygens (including phenoxy) is 3. The lowest BCUT2D eigenvalue weighted by molar-refractivity contribution is -0.127. The van der Waals surface area contributed by atoms with Crippen LogP contribution in [0.4, 0.5) is 4.79 Å². The summed E-state index contributed by atoms with van der Waals surface area (Å²) in [6, 6.07) is 5.49. The maximum atomic E-state index is 12.2. The van der Waals surface area contributed by atoms with E-state index in [9.17, 15) is 9.59 Å². The molecule has 8 nitrogen and oxygen atoms in total. The molecule has 0 unspecified atom stereocenters. The highest BCUT2D eigenvalue weighted by molar-refractivity contribution is 5.83. The van der Waals surface area contributed by atoms with E-state index in [4.69, 9.17) is 14.2 Å². The molecule has 2 saturated heterocycles. The van der Waals surface area contributed by atoms with Crippen LogP contribution in [0, 0.1) is 0 Å². The number of rotatable bonds is 6. The zero-order valence-electron chi connectivity index (χ0n) is 13.3. The SMILES string of the molecule is O=C(CN1CCOC1=O)N[C@@H]1CCOC[C@H]1OCc1ccccn1. The first-order chi connectivity index (χ1) is 11.7. The van der Waals surface area contributed by atoms with Gasteiger partial charge < -0.3 is 19.5 Å². The molecule has 1 aromatic heterocycles. The molecule has 3 heterocycles. The Labute approximate surface area is 140 Å². The number of carbonyl (C=O) groups excluding carboxylic acids is 2. The molecule has 2 atom stereocenters. The average Bonchev–Trinajstić information content (AvgIpc) is 3.00. The van der Waals surface area contributed by atoms with Crippen molar-refractivity contribution in [1.29, 1.82) is 0 Å². The van der Waals surface area contributed by atoms with Gasteiger partial charge >= 0.3 is 6.09 Å². The van der Waals surface area contributed by atoms with E-state index in [1.54, 1.807) is 6.20 Å². The zero-order chi connectivity index (χ0) is 16.8. The minimum atomic E-state index is -0.444. The van der Waals surface area contributed by atoms with Crippen LogP contribution in [0.3, 0.4) is 0 Å². The molecule has 2 aliphatic heterocycles. The van der Waals surface area contributed by atoms with E-state index in [0.29, 0.717) is 39.4 Å². The Hall–Kier alpha value is -2.19. The summed E-state index contributed by atoms with van der Waals surface area (Å²) in [5, 5.41) is 2.94. The van der Waals surface area contributed by atoms with Gasteiger partial charge in [-0.2, -0.15) is 0 Å². The number of aromatic nitrogens is 1. The summed E-state index contributed by atoms with van der Waals surface area (Å²) in [6.45, 7) is 2.13. The number of hydrogen-bond acceptors (Lipinski definition) is 6. The number of carbonyl (C=O) groups is 2. The van der Waals surface area contributed by atoms with Crippen molar-refractivity contribution in [2.24, 2.45) is 0 Å². The molecule has 2 amide bonds. The molecule has 1 N–H and O–H groups in total. The predicted molar refractivity (Wildman–Crippen MR) is 83.1 cm³/mol. The number of hydrogen-bond donors (Lipinski definition) is 1. The molecule has 3 rings (SSSR count). The van der Waals surface area contributed by atoms with Gasteiger partial charge in [0.1, 0.15) is 19.3 Å². The third kappa shape index (κ3) is 4.42. The summed E-state index contributed by atoms with van der Waals surface area (Å²) in [5.74, 6) is -0.216. The van der Waals surface area contributed by atoms with Crippen molar-refractivity contribution in [3.05, 3.63) is 30.1 Å². The summed E-state index contributed by atoms with van der Waals surface area (Å²) in [5.41, 5.74) is 0.827. The normalized spacial score (nSPS) is 23.8. The van der Waals surface area contributed by atoms with Crippen LogP contribution in [0.15, 0.2) is 24.4 Å². The molecule has 24 heavy (non-hydrogen) atoms. The van der Waals surface area contributed by atoms with Crippen LogP contribution in [0.25, 0.3) is 0 Å². The molecule has 2 aliphatic rings. The van der Waals surface area contributed by atoms with Gasteiger partial charge in [0.25, 0.3) is 0 Å². The van der Waals surface area contributed by atoms with Gasteiger partial charge in [0.2, 0.25) is 5.91 Å². The van der Waals surface area contributed by atoms with Crippen LogP contribution < -0.4 is 5.32 Å². The van der Waals surface area contributed by atoms with E-state index in [1.165, 1.54) is 4.90 Å². The maximum Gasteiger partial charge on any atom is 0.410 e. The van der Waals surface area contributed by atoms with E-state index in [0.717, 1.165) is 5.69 Å². The summed E-state index contributed by atoms with van der Waals surface area (Å²) in [7, 11) is 0. The Morgan fingerprint density at radius 1 is 1.42 bits per heavy atom. The Balaban J connectivity index is 1.50. The van der Waals surface area contributed by atoms with Crippen molar-refractivity contribution in [1.82, 2.24) is 15.2 Å². The summed E-state index contributed by atoms with van der Waals surface area (Å²) < 4.78 is 16.1. The highest BCUT2D eigenvalue weighted by Crippen LogP contribution is 2.14. The van der Waals surface area contributed by atoms with Crippen molar-refractivity contribution in [3.8, 4) is 0 Å². The topological polar surface area (TPSA) is 90.0 Å². The molecule has 0 bridgehead atoms. The van der Waals surface area contributed by atoms with Gasteiger partial charge in [-0.05, 0) is 18.6 Å². The van der Waals surface area contributed by atoms with Crippen LogP contribution in [-0.4, -0.2) is 66.9 Å². The van der Waals surface area contributed by atoms with Gasteiger partial charge in [-0.25, -0.2) is 4.79 Å². The molecule has 0 aliphatic carbocycles. The number of nitrogens with one attached hydrogen (secondary N) is 1. The van der Waals surface area contributed by atoms with Gasteiger partial charge in [0.05, 0.1) is 31.5 Å². The first-order valence-corrected chi connectivity index (χ1v) is 8.02. The zero-order valence-corrected chi connectivity index (χ0v) is 13.3. The fraction of sp³-hybridized carbons (Fsp3) is 0.562. The van der Waals surface area contributed by atoms with Crippen LogP contribution in [0.1, 0.15) is 12.1 Å². The fourth-order valence-corrected chi connectivity index (χ4v) is 2.71. The lowest BCUT2D eigenvalue weighted by Gasteiger charge is -2.32. The average molecular weight is 335 g/mol. The largest absolute Gasteiger partial charge is 0.448 e. The molecule has 0 saturated carbocycles. The van der Waals surface area contributed by atoms with Crippen LogP contribution in [-0.2, 0) is 25.6 Å². The lowest BCUT2D eigenvalue weighted by atomic mass is 10.1. The number of amides is 2. The Morgan fingerprint density at radius 2 is 2.33 bits per heavy atom. The summed E-state index contributed by atoms with van der Waals surface area (Å²) in [6.07, 6.45) is 1.70. The molecule has 2 fully saturated rings. The van der Waals surface area contributed by atoms with Gasteiger partial charge in [0.15, 0.2) is 0 Å². The van der Waals surface area contributed by atoms with Crippen LogP contribution in [0.5, 0.6) is 0 Å². The van der Waals surface area contributed by atoms with E-state index >= 15 is 0 Å². The van der Waals surface area contributed by atoms with Gasteiger partial charge in [-0.1, -0.05) is 6.07 Å². The minimum absolute atomic E-state index is 0.00313. The molecule has 130 valence electrons. The minimum Gasteiger partial charge on any atom is -0.448 e. The molecular formula is C16H21N3O5.